The van der Waals surface area contributed by atoms with Crippen LogP contribution in [0.4, 0.5) is 0 Å². The number of hydrogen-bond acceptors (Lipinski definition) is 2. The molecule has 0 bridgehead atoms. The summed E-state index contributed by atoms with van der Waals surface area (Å²) >= 11 is 0. The minimum atomic E-state index is -0.0645. The highest BCUT2D eigenvalue weighted by Crippen LogP contribution is 2.26. The van der Waals surface area contributed by atoms with E-state index in [0.29, 0.717) is 0 Å². The molecule has 0 radical (unpaired) electrons. The van der Waals surface area contributed by atoms with Crippen molar-refractivity contribution in [2.75, 3.05) is 7.11 Å². The highest BCUT2D eigenvalue weighted by atomic mass is 16.5. The van der Waals surface area contributed by atoms with Gasteiger partial charge in [-0.1, -0.05) is 37.3 Å². The molecule has 1 aliphatic rings. The first-order valence-corrected chi connectivity index (χ1v) is 9.44. The topological polar surface area (TPSA) is 38.3 Å². The Bertz CT molecular complexity index is 777. The van der Waals surface area contributed by atoms with Crippen LogP contribution in [0.3, 0.4) is 0 Å². The molecule has 0 heterocycles. The molecule has 26 heavy (non-hydrogen) atoms. The van der Waals surface area contributed by atoms with Crippen LogP contribution in [0.2, 0.25) is 0 Å². The van der Waals surface area contributed by atoms with Gasteiger partial charge in [-0.3, -0.25) is 4.79 Å². The molecule has 1 atom stereocenters. The Morgan fingerprint density at radius 2 is 1.85 bits per heavy atom. The van der Waals surface area contributed by atoms with E-state index >= 15 is 0 Å². The zero-order chi connectivity index (χ0) is 18.4. The monoisotopic (exact) mass is 349 g/mol. The molecular weight excluding hydrogens is 322 g/mol. The highest BCUT2D eigenvalue weighted by molar-refractivity contribution is 5.92. The lowest BCUT2D eigenvalue weighted by Crippen LogP contribution is -2.26. The molecule has 2 aromatic carbocycles. The number of carbonyl (C=O) groups excluding carboxylic acids is 1. The van der Waals surface area contributed by atoms with E-state index in [4.69, 9.17) is 4.74 Å². The first-order chi connectivity index (χ1) is 12.7. The van der Waals surface area contributed by atoms with Crippen molar-refractivity contribution in [1.82, 2.24) is 5.32 Å². The molecule has 0 saturated heterocycles. The fraction of sp³-hybridized carbons (Fsp3) is 0.348. The average molecular weight is 349 g/mol. The van der Waals surface area contributed by atoms with Crippen molar-refractivity contribution in [2.45, 2.75) is 45.1 Å². The number of methoxy groups -OCH3 is 1. The lowest BCUT2D eigenvalue weighted by molar-refractivity contribution is -0.117. The summed E-state index contributed by atoms with van der Waals surface area (Å²) in [5.41, 5.74) is 5.11. The van der Waals surface area contributed by atoms with Gasteiger partial charge in [0.15, 0.2) is 0 Å². The van der Waals surface area contributed by atoms with Crippen molar-refractivity contribution in [3.63, 3.8) is 0 Å². The summed E-state index contributed by atoms with van der Waals surface area (Å²) in [5, 5.41) is 3.13. The van der Waals surface area contributed by atoms with E-state index in [2.05, 4.69) is 30.4 Å². The maximum atomic E-state index is 12.3. The van der Waals surface area contributed by atoms with Crippen molar-refractivity contribution >= 4 is 12.0 Å². The number of fused-ring (bicyclic) bond motifs is 1. The van der Waals surface area contributed by atoms with Crippen molar-refractivity contribution in [3.05, 3.63) is 70.8 Å². The summed E-state index contributed by atoms with van der Waals surface area (Å²) in [6.45, 7) is 2.11. The maximum Gasteiger partial charge on any atom is 0.244 e. The third kappa shape index (κ3) is 4.54. The third-order valence-corrected chi connectivity index (χ3v) is 5.04. The molecule has 0 fully saturated rings. The largest absolute Gasteiger partial charge is 0.497 e. The van der Waals surface area contributed by atoms with Crippen molar-refractivity contribution in [3.8, 4) is 5.75 Å². The number of rotatable bonds is 6. The zero-order valence-electron chi connectivity index (χ0n) is 15.6. The van der Waals surface area contributed by atoms with Gasteiger partial charge in [0, 0.05) is 6.08 Å². The molecule has 0 spiro atoms. The normalized spacial score (nSPS) is 14.7. The van der Waals surface area contributed by atoms with Crippen LogP contribution < -0.4 is 10.1 Å². The van der Waals surface area contributed by atoms with Gasteiger partial charge < -0.3 is 10.1 Å². The molecule has 136 valence electrons. The molecular formula is C23H27NO2. The lowest BCUT2D eigenvalue weighted by Gasteiger charge is -2.21. The number of aryl methyl sites for hydroxylation is 2. The fourth-order valence-electron chi connectivity index (χ4n) is 3.50. The van der Waals surface area contributed by atoms with Crippen LogP contribution in [0.15, 0.2) is 48.5 Å². The molecule has 1 N–H and O–H groups in total. The number of nitrogens with one attached hydrogen (secondary N) is 1. The standard InChI is InChI=1S/C23H27NO2/c1-3-22(20-12-11-18-6-4-5-7-19(18)16-20)24-23(25)15-10-17-8-13-21(26-2)14-9-17/h8-16,22H,3-7H2,1-2H3,(H,24,25)/b15-10+/t22-/m0/s1. The molecule has 0 unspecified atom stereocenters. The van der Waals surface area contributed by atoms with Crippen LogP contribution in [0, 0.1) is 0 Å². The Morgan fingerprint density at radius 1 is 1.12 bits per heavy atom. The summed E-state index contributed by atoms with van der Waals surface area (Å²) in [6, 6.07) is 14.4. The van der Waals surface area contributed by atoms with Crippen LogP contribution in [-0.4, -0.2) is 13.0 Å². The van der Waals surface area contributed by atoms with Crippen LogP contribution in [0.1, 0.15) is 54.5 Å². The SMILES string of the molecule is CC[C@H](NC(=O)/C=C/c1ccc(OC)cc1)c1ccc2c(c1)CCCC2. The quantitative estimate of drug-likeness (QED) is 0.757. The van der Waals surface area contributed by atoms with Gasteiger partial charge in [0.2, 0.25) is 5.91 Å². The molecule has 1 amide bonds. The van der Waals surface area contributed by atoms with Crippen molar-refractivity contribution in [2.24, 2.45) is 0 Å². The second-order valence-corrected chi connectivity index (χ2v) is 6.81. The molecule has 3 heteroatoms. The number of hydrogen-bond donors (Lipinski definition) is 1. The summed E-state index contributed by atoms with van der Waals surface area (Å²) in [4.78, 5) is 12.3. The number of ether oxygens (including phenoxy) is 1. The first-order valence-electron chi connectivity index (χ1n) is 9.44. The summed E-state index contributed by atoms with van der Waals surface area (Å²) in [5.74, 6) is 0.746. The Hall–Kier alpha value is -2.55. The van der Waals surface area contributed by atoms with Crippen LogP contribution in [0.25, 0.3) is 6.08 Å². The van der Waals surface area contributed by atoms with E-state index in [1.165, 1.54) is 36.0 Å². The van der Waals surface area contributed by atoms with E-state index in [-0.39, 0.29) is 11.9 Å². The maximum absolute atomic E-state index is 12.3. The summed E-state index contributed by atoms with van der Waals surface area (Å²) < 4.78 is 5.15. The van der Waals surface area contributed by atoms with Gasteiger partial charge in [0.1, 0.15) is 5.75 Å². The third-order valence-electron chi connectivity index (χ3n) is 5.04. The van der Waals surface area contributed by atoms with Crippen LogP contribution in [0.5, 0.6) is 5.75 Å². The minimum absolute atomic E-state index is 0.0512. The first kappa shape index (κ1) is 18.2. The fourth-order valence-corrected chi connectivity index (χ4v) is 3.50. The Morgan fingerprint density at radius 3 is 2.54 bits per heavy atom. The van der Waals surface area contributed by atoms with E-state index in [1.54, 1.807) is 13.2 Å². The van der Waals surface area contributed by atoms with Gasteiger partial charge in [-0.25, -0.2) is 0 Å². The zero-order valence-corrected chi connectivity index (χ0v) is 15.6. The minimum Gasteiger partial charge on any atom is -0.497 e. The highest BCUT2D eigenvalue weighted by Gasteiger charge is 2.15. The Balaban J connectivity index is 1.65. The summed E-state index contributed by atoms with van der Waals surface area (Å²) in [6.07, 6.45) is 9.20. The average Bonchev–Trinajstić information content (AvgIpc) is 2.70. The smallest absolute Gasteiger partial charge is 0.244 e. The second-order valence-electron chi connectivity index (χ2n) is 6.81. The van der Waals surface area contributed by atoms with Gasteiger partial charge in [0.05, 0.1) is 13.2 Å². The molecule has 3 rings (SSSR count). The molecule has 3 nitrogen and oxygen atoms in total. The Labute approximate surface area is 156 Å². The second kappa shape index (κ2) is 8.70. The number of amides is 1. The van der Waals surface area contributed by atoms with E-state index in [1.807, 2.05) is 30.3 Å². The molecule has 1 aliphatic carbocycles. The molecule has 2 aromatic rings. The van der Waals surface area contributed by atoms with Gasteiger partial charge in [-0.05, 0) is 72.6 Å². The van der Waals surface area contributed by atoms with Crippen molar-refractivity contribution in [1.29, 1.82) is 0 Å². The predicted molar refractivity (Wildman–Crippen MR) is 106 cm³/mol. The molecule has 0 saturated carbocycles. The predicted octanol–water partition coefficient (Wildman–Crippen LogP) is 4.85. The van der Waals surface area contributed by atoms with Gasteiger partial charge in [-0.15, -0.1) is 0 Å². The molecule has 0 aliphatic heterocycles. The molecule has 0 aromatic heterocycles. The van der Waals surface area contributed by atoms with Gasteiger partial charge in [0.25, 0.3) is 0 Å². The van der Waals surface area contributed by atoms with E-state index in [9.17, 15) is 4.79 Å². The number of benzene rings is 2. The van der Waals surface area contributed by atoms with E-state index < -0.39 is 0 Å². The Kier molecular flexibility index (Phi) is 6.11. The van der Waals surface area contributed by atoms with Crippen molar-refractivity contribution < 1.29 is 9.53 Å². The van der Waals surface area contributed by atoms with Crippen LogP contribution in [-0.2, 0) is 17.6 Å². The summed E-state index contributed by atoms with van der Waals surface area (Å²) in [7, 11) is 1.64. The van der Waals surface area contributed by atoms with Crippen LogP contribution >= 0.6 is 0 Å². The lowest BCUT2D eigenvalue weighted by atomic mass is 9.89. The number of carbonyl (C=O) groups is 1. The van der Waals surface area contributed by atoms with Gasteiger partial charge >= 0.3 is 0 Å². The van der Waals surface area contributed by atoms with Gasteiger partial charge in [-0.2, -0.15) is 0 Å². The van der Waals surface area contributed by atoms with E-state index in [0.717, 1.165) is 24.2 Å².